The summed E-state index contributed by atoms with van der Waals surface area (Å²) in [4.78, 5) is 26.3. The second-order valence-electron chi connectivity index (χ2n) is 6.86. The molecule has 2 aromatic carbocycles. The highest BCUT2D eigenvalue weighted by Crippen LogP contribution is 2.38. The van der Waals surface area contributed by atoms with Crippen LogP contribution in [-0.2, 0) is 11.4 Å². The molecule has 1 aliphatic heterocycles. The Morgan fingerprint density at radius 3 is 2.43 bits per heavy atom. The Kier molecular flexibility index (Phi) is 7.61. The summed E-state index contributed by atoms with van der Waals surface area (Å²) in [7, 11) is 0. The molecular formula is C23H24BrNO4S. The van der Waals surface area contributed by atoms with E-state index in [1.165, 1.54) is 10.5 Å². The van der Waals surface area contributed by atoms with Crippen molar-refractivity contribution in [1.82, 2.24) is 4.90 Å². The van der Waals surface area contributed by atoms with E-state index >= 15 is 0 Å². The van der Waals surface area contributed by atoms with Crippen LogP contribution in [0, 0.1) is 6.92 Å². The van der Waals surface area contributed by atoms with Crippen LogP contribution in [0.1, 0.15) is 37.0 Å². The minimum Gasteiger partial charge on any atom is -0.490 e. The van der Waals surface area contributed by atoms with E-state index in [-0.39, 0.29) is 11.1 Å². The fourth-order valence-electron chi connectivity index (χ4n) is 2.95. The smallest absolute Gasteiger partial charge is 0.293 e. The number of imide groups is 1. The number of thioether (sulfide) groups is 1. The minimum absolute atomic E-state index is 0.229. The van der Waals surface area contributed by atoms with E-state index in [1.54, 1.807) is 6.08 Å². The van der Waals surface area contributed by atoms with Gasteiger partial charge in [-0.3, -0.25) is 14.5 Å². The number of hydrogen-bond acceptors (Lipinski definition) is 5. The fraction of sp³-hybridized carbons (Fsp3) is 0.304. The van der Waals surface area contributed by atoms with Gasteiger partial charge in [-0.2, -0.15) is 0 Å². The molecule has 3 rings (SSSR count). The van der Waals surface area contributed by atoms with E-state index in [2.05, 4.69) is 15.9 Å². The maximum atomic E-state index is 12.5. The Bertz CT molecular complexity index is 972. The minimum atomic E-state index is -0.253. The van der Waals surface area contributed by atoms with Gasteiger partial charge in [0.2, 0.25) is 0 Å². The highest BCUT2D eigenvalue weighted by atomic mass is 79.9. The summed E-state index contributed by atoms with van der Waals surface area (Å²) in [5, 5.41) is -0.229. The van der Waals surface area contributed by atoms with Crippen molar-refractivity contribution in [1.29, 1.82) is 0 Å². The Morgan fingerprint density at radius 1 is 1.07 bits per heavy atom. The van der Waals surface area contributed by atoms with Crippen molar-refractivity contribution in [2.24, 2.45) is 0 Å². The molecule has 30 heavy (non-hydrogen) atoms. The molecule has 1 fully saturated rings. The van der Waals surface area contributed by atoms with E-state index in [9.17, 15) is 9.59 Å². The Balaban J connectivity index is 1.85. The van der Waals surface area contributed by atoms with Crippen molar-refractivity contribution in [3.63, 3.8) is 0 Å². The van der Waals surface area contributed by atoms with Crippen molar-refractivity contribution in [3.05, 3.63) is 62.5 Å². The molecule has 0 spiro atoms. The molecule has 0 saturated carbocycles. The summed E-state index contributed by atoms with van der Waals surface area (Å²) in [6.45, 7) is 7.22. The first-order valence-electron chi connectivity index (χ1n) is 9.83. The molecule has 0 aromatic heterocycles. The summed E-state index contributed by atoms with van der Waals surface area (Å²) in [6.07, 6.45) is 2.45. The molecule has 7 heteroatoms. The van der Waals surface area contributed by atoms with Crippen LogP contribution >= 0.6 is 27.7 Å². The number of hydrogen-bond donors (Lipinski definition) is 0. The number of aryl methyl sites for hydroxylation is 1. The van der Waals surface area contributed by atoms with E-state index in [4.69, 9.17) is 9.47 Å². The lowest BCUT2D eigenvalue weighted by Crippen LogP contribution is -2.28. The number of benzene rings is 2. The molecule has 0 aliphatic carbocycles. The highest BCUT2D eigenvalue weighted by Gasteiger charge is 2.34. The number of carbonyl (C=O) groups is 2. The fourth-order valence-corrected chi connectivity index (χ4v) is 4.24. The van der Waals surface area contributed by atoms with Gasteiger partial charge in [-0.05, 0) is 61.4 Å². The predicted octanol–water partition coefficient (Wildman–Crippen LogP) is 6.18. The molecule has 0 N–H and O–H groups in total. The van der Waals surface area contributed by atoms with Crippen molar-refractivity contribution in [2.45, 2.75) is 33.8 Å². The summed E-state index contributed by atoms with van der Waals surface area (Å²) < 4.78 is 12.5. The van der Waals surface area contributed by atoms with Gasteiger partial charge in [-0.15, -0.1) is 0 Å². The van der Waals surface area contributed by atoms with Crippen molar-refractivity contribution >= 4 is 44.9 Å². The first kappa shape index (κ1) is 22.4. The van der Waals surface area contributed by atoms with Crippen LogP contribution in [0.5, 0.6) is 11.5 Å². The number of carbonyl (C=O) groups excluding carboxylic acids is 2. The lowest BCUT2D eigenvalue weighted by molar-refractivity contribution is -0.122. The lowest BCUT2D eigenvalue weighted by atomic mass is 10.1. The van der Waals surface area contributed by atoms with Crippen LogP contribution in [-0.4, -0.2) is 29.2 Å². The van der Waals surface area contributed by atoms with Crippen LogP contribution < -0.4 is 9.47 Å². The number of nitrogens with zero attached hydrogens (tertiary/aromatic N) is 1. The second kappa shape index (κ2) is 10.2. The first-order valence-corrected chi connectivity index (χ1v) is 11.4. The van der Waals surface area contributed by atoms with Gasteiger partial charge in [0.15, 0.2) is 11.5 Å². The van der Waals surface area contributed by atoms with Crippen molar-refractivity contribution in [3.8, 4) is 11.5 Å². The topological polar surface area (TPSA) is 55.8 Å². The molecule has 2 aromatic rings. The van der Waals surface area contributed by atoms with Gasteiger partial charge in [-0.25, -0.2) is 0 Å². The molecule has 0 atom stereocenters. The summed E-state index contributed by atoms with van der Waals surface area (Å²) >= 11 is 4.52. The molecule has 0 radical (unpaired) electrons. The Hall–Kier alpha value is -2.25. The number of ether oxygens (including phenoxy) is 2. The maximum Gasteiger partial charge on any atom is 0.293 e. The molecule has 158 valence electrons. The van der Waals surface area contributed by atoms with Crippen molar-refractivity contribution in [2.75, 3.05) is 13.2 Å². The number of halogens is 1. The normalized spacial score (nSPS) is 15.2. The average molecular weight is 490 g/mol. The van der Waals surface area contributed by atoms with E-state index in [1.807, 2.05) is 57.2 Å². The molecule has 0 bridgehead atoms. The lowest BCUT2D eigenvalue weighted by Gasteiger charge is -2.14. The van der Waals surface area contributed by atoms with E-state index in [0.717, 1.165) is 33.8 Å². The molecule has 1 saturated heterocycles. The molecule has 1 heterocycles. The third-order valence-electron chi connectivity index (χ3n) is 4.49. The Morgan fingerprint density at radius 2 is 1.77 bits per heavy atom. The van der Waals surface area contributed by atoms with Crippen LogP contribution in [0.3, 0.4) is 0 Å². The largest absolute Gasteiger partial charge is 0.490 e. The Labute approximate surface area is 189 Å². The number of rotatable bonds is 8. The SMILES string of the molecule is CCCN1C(=O)S/C(=C/c2cc(OCC)c(OCc3ccc(C)cc3)cc2Br)C1=O. The van der Waals surface area contributed by atoms with Gasteiger partial charge >= 0.3 is 0 Å². The third kappa shape index (κ3) is 5.26. The molecule has 5 nitrogen and oxygen atoms in total. The zero-order valence-corrected chi connectivity index (χ0v) is 19.6. The van der Waals surface area contributed by atoms with Gasteiger partial charge < -0.3 is 9.47 Å². The second-order valence-corrected chi connectivity index (χ2v) is 8.71. The predicted molar refractivity (Wildman–Crippen MR) is 124 cm³/mol. The van der Waals surface area contributed by atoms with Crippen molar-refractivity contribution < 1.29 is 19.1 Å². The molecular weight excluding hydrogens is 466 g/mol. The van der Waals surface area contributed by atoms with Gasteiger partial charge in [0.25, 0.3) is 11.1 Å². The molecule has 1 aliphatic rings. The quantitative estimate of drug-likeness (QED) is 0.414. The zero-order valence-electron chi connectivity index (χ0n) is 17.2. The van der Waals surface area contributed by atoms with Crippen LogP contribution in [0.2, 0.25) is 0 Å². The average Bonchev–Trinajstić information content (AvgIpc) is 2.98. The molecule has 2 amide bonds. The first-order chi connectivity index (χ1) is 14.4. The van der Waals surface area contributed by atoms with Gasteiger partial charge in [0, 0.05) is 11.0 Å². The standard InChI is InChI=1S/C23H24BrNO4S/c1-4-10-25-22(26)21(30-23(25)27)12-17-11-19(28-5-2)20(13-18(17)24)29-14-16-8-6-15(3)7-9-16/h6-9,11-13H,4-5,10,14H2,1-3H3/b21-12+. The summed E-state index contributed by atoms with van der Waals surface area (Å²) in [5.74, 6) is 0.948. The summed E-state index contributed by atoms with van der Waals surface area (Å²) in [5.41, 5.74) is 3.01. The van der Waals surface area contributed by atoms with Crippen LogP contribution in [0.25, 0.3) is 6.08 Å². The van der Waals surface area contributed by atoms with Gasteiger partial charge in [-0.1, -0.05) is 52.7 Å². The zero-order chi connectivity index (χ0) is 21.7. The third-order valence-corrected chi connectivity index (χ3v) is 6.08. The monoisotopic (exact) mass is 489 g/mol. The summed E-state index contributed by atoms with van der Waals surface area (Å²) in [6, 6.07) is 11.8. The highest BCUT2D eigenvalue weighted by molar-refractivity contribution is 9.10. The molecule has 0 unspecified atom stereocenters. The number of amides is 2. The van der Waals surface area contributed by atoms with E-state index in [0.29, 0.717) is 36.2 Å². The van der Waals surface area contributed by atoms with Gasteiger partial charge in [0.1, 0.15) is 6.61 Å². The van der Waals surface area contributed by atoms with Gasteiger partial charge in [0.05, 0.1) is 11.5 Å². The maximum absolute atomic E-state index is 12.5. The van der Waals surface area contributed by atoms with E-state index < -0.39 is 0 Å². The van der Waals surface area contributed by atoms with Crippen LogP contribution in [0.4, 0.5) is 4.79 Å². The van der Waals surface area contributed by atoms with Crippen LogP contribution in [0.15, 0.2) is 45.8 Å².